The lowest BCUT2D eigenvalue weighted by Gasteiger charge is -2.36. The van der Waals surface area contributed by atoms with Crippen LogP contribution in [0.1, 0.15) is 44.9 Å². The number of carbonyl (C=O) groups excluding carboxylic acids is 2. The Balaban J connectivity index is 1.71. The summed E-state index contributed by atoms with van der Waals surface area (Å²) in [6, 6.07) is 10.3. The second-order valence-corrected chi connectivity index (χ2v) is 7.51. The maximum atomic E-state index is 13.2. The second-order valence-electron chi connectivity index (χ2n) is 7.51. The van der Waals surface area contributed by atoms with Crippen LogP contribution in [0.4, 0.5) is 5.69 Å². The van der Waals surface area contributed by atoms with Crippen LogP contribution in [0.2, 0.25) is 0 Å². The normalized spacial score (nSPS) is 24.6. The van der Waals surface area contributed by atoms with Crippen LogP contribution in [-0.2, 0) is 9.59 Å². The SMILES string of the molecule is NC(=O)[C@@H]1CCC[NH+](CC(=O)N(c2ccccc2)C2CCCCC2)C1. The number of hydrogen-bond acceptors (Lipinski definition) is 2. The number of anilines is 1. The van der Waals surface area contributed by atoms with Crippen LogP contribution in [-0.4, -0.2) is 37.5 Å². The van der Waals surface area contributed by atoms with Crippen LogP contribution >= 0.6 is 0 Å². The molecule has 1 aromatic carbocycles. The van der Waals surface area contributed by atoms with E-state index in [0.29, 0.717) is 19.1 Å². The van der Waals surface area contributed by atoms with Gasteiger partial charge in [-0.2, -0.15) is 0 Å². The van der Waals surface area contributed by atoms with E-state index in [1.54, 1.807) is 0 Å². The van der Waals surface area contributed by atoms with Crippen molar-refractivity contribution < 1.29 is 14.5 Å². The average molecular weight is 344 g/mol. The molecule has 2 fully saturated rings. The van der Waals surface area contributed by atoms with Crippen LogP contribution in [0.15, 0.2) is 30.3 Å². The van der Waals surface area contributed by atoms with Gasteiger partial charge in [-0.05, 0) is 37.8 Å². The van der Waals surface area contributed by atoms with Crippen LogP contribution in [0.25, 0.3) is 0 Å². The first kappa shape index (κ1) is 17.9. The first-order chi connectivity index (χ1) is 12.1. The molecule has 1 aliphatic carbocycles. The van der Waals surface area contributed by atoms with Gasteiger partial charge in [0, 0.05) is 11.7 Å². The molecule has 5 nitrogen and oxygen atoms in total. The second kappa shape index (κ2) is 8.48. The number of piperidine rings is 1. The Labute approximate surface area is 150 Å². The van der Waals surface area contributed by atoms with Gasteiger partial charge in [-0.3, -0.25) is 9.59 Å². The summed E-state index contributed by atoms with van der Waals surface area (Å²) in [5.74, 6) is -0.133. The number of nitrogens with two attached hydrogens (primary N) is 1. The molecule has 3 N–H and O–H groups in total. The number of hydrogen-bond donors (Lipinski definition) is 2. The zero-order chi connectivity index (χ0) is 17.6. The minimum atomic E-state index is -0.225. The van der Waals surface area contributed by atoms with E-state index in [-0.39, 0.29) is 17.7 Å². The number of quaternary nitrogens is 1. The maximum Gasteiger partial charge on any atom is 0.282 e. The molecular weight excluding hydrogens is 314 g/mol. The van der Waals surface area contributed by atoms with Crippen molar-refractivity contribution in [3.63, 3.8) is 0 Å². The number of nitrogens with one attached hydrogen (secondary N) is 1. The van der Waals surface area contributed by atoms with Gasteiger partial charge < -0.3 is 15.5 Å². The molecule has 1 saturated heterocycles. The number of carbonyl (C=O) groups is 2. The molecule has 3 rings (SSSR count). The monoisotopic (exact) mass is 344 g/mol. The first-order valence-electron chi connectivity index (χ1n) is 9.65. The highest BCUT2D eigenvalue weighted by Crippen LogP contribution is 2.27. The van der Waals surface area contributed by atoms with Gasteiger partial charge in [0.2, 0.25) is 5.91 Å². The third-order valence-corrected chi connectivity index (χ3v) is 5.66. The lowest BCUT2D eigenvalue weighted by Crippen LogP contribution is -3.15. The number of amides is 2. The molecule has 0 spiro atoms. The molecule has 2 atom stereocenters. The number of para-hydroxylation sites is 1. The standard InChI is InChI=1S/C20H29N3O2/c21-20(25)16-8-7-13-22(14-16)15-19(24)23(17-9-3-1-4-10-17)18-11-5-2-6-12-18/h1,3-4,9-10,16,18H,2,5-8,11-15H2,(H2,21,25)/p+1/t16-/m1/s1. The predicted molar refractivity (Wildman–Crippen MR) is 98.3 cm³/mol. The Bertz CT molecular complexity index is 584. The summed E-state index contributed by atoms with van der Waals surface area (Å²) in [7, 11) is 0. The summed E-state index contributed by atoms with van der Waals surface area (Å²) in [5.41, 5.74) is 6.48. The van der Waals surface area contributed by atoms with Gasteiger partial charge in [-0.15, -0.1) is 0 Å². The number of benzene rings is 1. The van der Waals surface area contributed by atoms with E-state index in [1.807, 2.05) is 35.2 Å². The molecule has 1 aromatic rings. The molecule has 1 saturated carbocycles. The highest BCUT2D eigenvalue weighted by Gasteiger charge is 2.32. The van der Waals surface area contributed by atoms with Gasteiger partial charge in [0.05, 0.1) is 19.0 Å². The van der Waals surface area contributed by atoms with Crippen LogP contribution in [0.5, 0.6) is 0 Å². The van der Waals surface area contributed by atoms with E-state index in [1.165, 1.54) is 24.2 Å². The maximum absolute atomic E-state index is 13.2. The summed E-state index contributed by atoms with van der Waals surface area (Å²) in [6.07, 6.45) is 7.65. The van der Waals surface area contributed by atoms with E-state index >= 15 is 0 Å². The third-order valence-electron chi connectivity index (χ3n) is 5.66. The number of nitrogens with zero attached hydrogens (tertiary/aromatic N) is 1. The van der Waals surface area contributed by atoms with E-state index < -0.39 is 0 Å². The molecule has 5 heteroatoms. The van der Waals surface area contributed by atoms with Crippen molar-refractivity contribution in [1.29, 1.82) is 0 Å². The quantitative estimate of drug-likeness (QED) is 0.841. The Morgan fingerprint density at radius 2 is 1.76 bits per heavy atom. The molecule has 1 heterocycles. The van der Waals surface area contributed by atoms with Gasteiger partial charge in [-0.1, -0.05) is 37.5 Å². The average Bonchev–Trinajstić information content (AvgIpc) is 2.64. The third kappa shape index (κ3) is 4.60. The number of rotatable bonds is 5. The van der Waals surface area contributed by atoms with Crippen LogP contribution in [0, 0.1) is 5.92 Å². The Hall–Kier alpha value is -1.88. The smallest absolute Gasteiger partial charge is 0.282 e. The summed E-state index contributed by atoms with van der Waals surface area (Å²) in [4.78, 5) is 27.9. The van der Waals surface area contributed by atoms with E-state index in [9.17, 15) is 9.59 Å². The Kier molecular flexibility index (Phi) is 6.08. The molecule has 1 unspecified atom stereocenters. The van der Waals surface area contributed by atoms with Crippen LogP contribution in [0.3, 0.4) is 0 Å². The molecule has 2 aliphatic rings. The van der Waals surface area contributed by atoms with Gasteiger partial charge >= 0.3 is 0 Å². The molecule has 0 aromatic heterocycles. The van der Waals surface area contributed by atoms with Gasteiger partial charge in [0.25, 0.3) is 5.91 Å². The highest BCUT2D eigenvalue weighted by atomic mass is 16.2. The fraction of sp³-hybridized carbons (Fsp3) is 0.600. The zero-order valence-electron chi connectivity index (χ0n) is 15.0. The minimum absolute atomic E-state index is 0.0867. The molecule has 2 amide bonds. The van der Waals surface area contributed by atoms with Gasteiger partial charge in [0.1, 0.15) is 0 Å². The summed E-state index contributed by atoms with van der Waals surface area (Å²) in [6.45, 7) is 2.09. The molecule has 1 aliphatic heterocycles. The predicted octanol–water partition coefficient (Wildman–Crippen LogP) is 1.13. The Morgan fingerprint density at radius 1 is 1.04 bits per heavy atom. The molecule has 0 radical (unpaired) electrons. The molecular formula is C20H30N3O2+. The largest absolute Gasteiger partial charge is 0.369 e. The van der Waals surface area contributed by atoms with Crippen molar-refractivity contribution in [3.8, 4) is 0 Å². The number of likely N-dealkylation sites (tertiary alicyclic amines) is 1. The van der Waals surface area contributed by atoms with Crippen molar-refractivity contribution in [2.45, 2.75) is 51.0 Å². The van der Waals surface area contributed by atoms with Crippen molar-refractivity contribution in [2.75, 3.05) is 24.5 Å². The fourth-order valence-electron chi connectivity index (χ4n) is 4.34. The molecule has 0 bridgehead atoms. The van der Waals surface area contributed by atoms with Crippen molar-refractivity contribution >= 4 is 17.5 Å². The van der Waals surface area contributed by atoms with Crippen LogP contribution < -0.4 is 15.5 Å². The minimum Gasteiger partial charge on any atom is -0.369 e. The van der Waals surface area contributed by atoms with E-state index in [2.05, 4.69) is 0 Å². The Morgan fingerprint density at radius 3 is 2.44 bits per heavy atom. The van der Waals surface area contributed by atoms with Crippen molar-refractivity contribution in [3.05, 3.63) is 30.3 Å². The van der Waals surface area contributed by atoms with E-state index in [4.69, 9.17) is 5.73 Å². The zero-order valence-corrected chi connectivity index (χ0v) is 15.0. The van der Waals surface area contributed by atoms with Gasteiger partial charge in [0.15, 0.2) is 6.54 Å². The lowest BCUT2D eigenvalue weighted by atomic mass is 9.93. The van der Waals surface area contributed by atoms with Crippen molar-refractivity contribution in [1.82, 2.24) is 0 Å². The van der Waals surface area contributed by atoms with Crippen molar-refractivity contribution in [2.24, 2.45) is 11.7 Å². The highest BCUT2D eigenvalue weighted by molar-refractivity contribution is 5.94. The van der Waals surface area contributed by atoms with E-state index in [0.717, 1.165) is 37.9 Å². The van der Waals surface area contributed by atoms with Gasteiger partial charge in [-0.25, -0.2) is 0 Å². The number of primary amides is 1. The lowest BCUT2D eigenvalue weighted by molar-refractivity contribution is -0.899. The fourth-order valence-corrected chi connectivity index (χ4v) is 4.34. The summed E-state index contributed by atoms with van der Waals surface area (Å²) < 4.78 is 0. The summed E-state index contributed by atoms with van der Waals surface area (Å²) in [5, 5.41) is 0. The topological polar surface area (TPSA) is 67.8 Å². The molecule has 136 valence electrons. The summed E-state index contributed by atoms with van der Waals surface area (Å²) >= 11 is 0. The molecule has 25 heavy (non-hydrogen) atoms. The first-order valence-corrected chi connectivity index (χ1v) is 9.65.